The molecule has 3 heterocycles. The second-order valence-electron chi connectivity index (χ2n) is 9.53. The number of ether oxygens (including phenoxy) is 1. The van der Waals surface area contributed by atoms with E-state index in [1.165, 1.54) is 0 Å². The normalized spacial score (nSPS) is 17.0. The van der Waals surface area contributed by atoms with Gasteiger partial charge in [-0.15, -0.1) is 11.3 Å². The van der Waals surface area contributed by atoms with E-state index in [1.807, 2.05) is 48.2 Å². The Labute approximate surface area is 219 Å². The predicted molar refractivity (Wildman–Crippen MR) is 143 cm³/mol. The average molecular weight is 532 g/mol. The summed E-state index contributed by atoms with van der Waals surface area (Å²) < 4.78 is 33.0. The number of sulfonamides is 1. The van der Waals surface area contributed by atoms with Crippen molar-refractivity contribution < 1.29 is 17.9 Å². The highest BCUT2D eigenvalue weighted by Crippen LogP contribution is 2.35. The van der Waals surface area contributed by atoms with Gasteiger partial charge in [0.2, 0.25) is 10.0 Å². The summed E-state index contributed by atoms with van der Waals surface area (Å²) in [4.78, 5) is 22.7. The molecule has 0 unspecified atom stereocenters. The number of nitrogens with zero attached hydrogens (tertiary/aromatic N) is 2. The molecule has 0 spiro atoms. The summed E-state index contributed by atoms with van der Waals surface area (Å²) in [6, 6.07) is 17.1. The Morgan fingerprint density at radius 3 is 2.65 bits per heavy atom. The van der Waals surface area contributed by atoms with Gasteiger partial charge in [0.05, 0.1) is 22.2 Å². The van der Waals surface area contributed by atoms with Gasteiger partial charge in [0.1, 0.15) is 5.75 Å². The maximum absolute atomic E-state index is 12.8. The third kappa shape index (κ3) is 5.14. The third-order valence-electron chi connectivity index (χ3n) is 6.77. The van der Waals surface area contributed by atoms with Gasteiger partial charge >= 0.3 is 0 Å². The van der Waals surface area contributed by atoms with Crippen LogP contribution in [0.25, 0.3) is 21.6 Å². The largest absolute Gasteiger partial charge is 0.493 e. The predicted octanol–water partition coefficient (Wildman–Crippen LogP) is 4.89. The minimum absolute atomic E-state index is 0.311. The maximum atomic E-state index is 12.8. The molecule has 1 fully saturated rings. The fourth-order valence-electron chi connectivity index (χ4n) is 4.66. The van der Waals surface area contributed by atoms with Crippen molar-refractivity contribution in [2.45, 2.75) is 30.9 Å². The molecule has 7 nitrogen and oxygen atoms in total. The average Bonchev–Trinajstić information content (AvgIpc) is 3.65. The smallest absolute Gasteiger partial charge is 0.265 e. The molecular weight excluding hydrogens is 506 g/mol. The molecule has 1 saturated carbocycles. The van der Waals surface area contributed by atoms with Crippen LogP contribution in [0.15, 0.2) is 72.5 Å². The Bertz CT molecular complexity index is 1550. The topological polar surface area (TPSA) is 98.2 Å². The Kier molecular flexibility index (Phi) is 6.26. The van der Waals surface area contributed by atoms with Crippen LogP contribution < -0.4 is 9.46 Å². The quantitative estimate of drug-likeness (QED) is 0.365. The van der Waals surface area contributed by atoms with Gasteiger partial charge in [-0.05, 0) is 60.6 Å². The molecule has 1 amide bonds. The summed E-state index contributed by atoms with van der Waals surface area (Å²) in [5.74, 6) is 0.504. The standard InChI is InChI=1S/C28H25N3O4S2/c32-28(31-37(33,34)23-9-10-23)25-4-2-1-3-24(25)19-5-6-20-11-18(16-35-26(20)13-19)12-22-8-7-21(14-30-22)27-15-29-17-36-27/h1-8,13-15,17-18,23H,9-12,16H2,(H,31,32)/t18-/m0/s1. The molecule has 1 aliphatic carbocycles. The second kappa shape index (κ2) is 9.72. The molecule has 9 heteroatoms. The van der Waals surface area contributed by atoms with Crippen molar-refractivity contribution in [3.05, 3.63) is 89.3 Å². The van der Waals surface area contributed by atoms with Crippen molar-refractivity contribution in [3.63, 3.8) is 0 Å². The van der Waals surface area contributed by atoms with E-state index in [-0.39, 0.29) is 0 Å². The van der Waals surface area contributed by atoms with Crippen LogP contribution in [0.1, 0.15) is 34.5 Å². The highest BCUT2D eigenvalue weighted by atomic mass is 32.2. The summed E-state index contributed by atoms with van der Waals surface area (Å²) >= 11 is 1.60. The molecule has 1 aliphatic heterocycles. The van der Waals surface area contributed by atoms with E-state index >= 15 is 0 Å². The Morgan fingerprint density at radius 2 is 1.89 bits per heavy atom. The Balaban J connectivity index is 1.16. The number of pyridine rings is 1. The lowest BCUT2D eigenvalue weighted by atomic mass is 9.90. The van der Waals surface area contributed by atoms with Crippen LogP contribution in [0, 0.1) is 5.92 Å². The van der Waals surface area contributed by atoms with Crippen molar-refractivity contribution >= 4 is 27.3 Å². The number of rotatable bonds is 7. The first-order valence-corrected chi connectivity index (χ1v) is 14.6. The van der Waals surface area contributed by atoms with Gasteiger partial charge in [-0.25, -0.2) is 13.1 Å². The maximum Gasteiger partial charge on any atom is 0.265 e. The van der Waals surface area contributed by atoms with Gasteiger partial charge in [0, 0.05) is 35.1 Å². The fourth-order valence-corrected chi connectivity index (χ4v) is 6.56. The zero-order valence-corrected chi connectivity index (χ0v) is 21.6. The first-order valence-electron chi connectivity index (χ1n) is 12.2. The number of carbonyl (C=O) groups excluding carboxylic acids is 1. The minimum Gasteiger partial charge on any atom is -0.493 e. The molecule has 1 atom stereocenters. The Hall–Kier alpha value is -3.56. The van der Waals surface area contributed by atoms with E-state index in [2.05, 4.69) is 26.8 Å². The van der Waals surface area contributed by atoms with Crippen molar-refractivity contribution in [2.75, 3.05) is 6.61 Å². The van der Waals surface area contributed by atoms with E-state index in [0.29, 0.717) is 36.5 Å². The summed E-state index contributed by atoms with van der Waals surface area (Å²) in [6.45, 7) is 0.580. The van der Waals surface area contributed by atoms with Crippen molar-refractivity contribution in [3.8, 4) is 27.3 Å². The number of nitrogens with one attached hydrogen (secondary N) is 1. The number of benzene rings is 2. The molecular formula is C28H25N3O4S2. The van der Waals surface area contributed by atoms with Gasteiger partial charge in [-0.3, -0.25) is 14.8 Å². The van der Waals surface area contributed by atoms with Crippen LogP contribution in [0.4, 0.5) is 0 Å². The SMILES string of the molecule is O=C(NS(=O)(=O)C1CC1)c1ccccc1-c1ccc2c(c1)OC[C@H](Cc1ccc(-c3cncs3)cn1)C2. The zero-order chi connectivity index (χ0) is 25.4. The van der Waals surface area contributed by atoms with Crippen LogP contribution in [0.5, 0.6) is 5.75 Å². The van der Waals surface area contributed by atoms with Gasteiger partial charge in [-0.2, -0.15) is 0 Å². The van der Waals surface area contributed by atoms with Gasteiger partial charge in [-0.1, -0.05) is 36.4 Å². The molecule has 4 aromatic rings. The highest BCUT2D eigenvalue weighted by Gasteiger charge is 2.37. The molecule has 2 aliphatic rings. The molecule has 0 radical (unpaired) electrons. The molecule has 2 aromatic heterocycles. The molecule has 1 N–H and O–H groups in total. The number of aromatic nitrogens is 2. The molecule has 0 bridgehead atoms. The number of thiazole rings is 1. The third-order valence-corrected chi connectivity index (χ3v) is 9.41. The van der Waals surface area contributed by atoms with Crippen LogP contribution >= 0.6 is 11.3 Å². The number of amides is 1. The van der Waals surface area contributed by atoms with Crippen molar-refractivity contribution in [1.29, 1.82) is 0 Å². The minimum atomic E-state index is -3.63. The second-order valence-corrected chi connectivity index (χ2v) is 12.4. The summed E-state index contributed by atoms with van der Waals surface area (Å²) in [6.07, 6.45) is 6.64. The number of carbonyl (C=O) groups is 1. The van der Waals surface area contributed by atoms with E-state index in [0.717, 1.165) is 45.9 Å². The van der Waals surface area contributed by atoms with E-state index < -0.39 is 21.2 Å². The van der Waals surface area contributed by atoms with Crippen LogP contribution in [0.3, 0.4) is 0 Å². The van der Waals surface area contributed by atoms with Crippen LogP contribution in [-0.4, -0.2) is 36.1 Å². The zero-order valence-electron chi connectivity index (χ0n) is 20.0. The molecule has 6 rings (SSSR count). The fraction of sp³-hybridized carbons (Fsp3) is 0.250. The summed E-state index contributed by atoms with van der Waals surface area (Å²) in [7, 11) is -3.63. The van der Waals surface area contributed by atoms with E-state index in [4.69, 9.17) is 4.74 Å². The van der Waals surface area contributed by atoms with Crippen LogP contribution in [-0.2, 0) is 22.9 Å². The number of fused-ring (bicyclic) bond motifs is 1. The van der Waals surface area contributed by atoms with Gasteiger partial charge in [0.25, 0.3) is 5.91 Å². The van der Waals surface area contributed by atoms with Gasteiger partial charge < -0.3 is 4.74 Å². The lowest BCUT2D eigenvalue weighted by Crippen LogP contribution is -2.33. The van der Waals surface area contributed by atoms with Crippen molar-refractivity contribution in [1.82, 2.24) is 14.7 Å². The number of hydrogen-bond donors (Lipinski definition) is 1. The van der Waals surface area contributed by atoms with Gasteiger partial charge in [0.15, 0.2) is 0 Å². The Morgan fingerprint density at radius 1 is 1.05 bits per heavy atom. The summed E-state index contributed by atoms with van der Waals surface area (Å²) in [5, 5.41) is -0.458. The molecule has 37 heavy (non-hydrogen) atoms. The lowest BCUT2D eigenvalue weighted by molar-refractivity contribution is 0.0982. The molecule has 188 valence electrons. The van der Waals surface area contributed by atoms with Crippen LogP contribution in [0.2, 0.25) is 0 Å². The highest BCUT2D eigenvalue weighted by molar-refractivity contribution is 7.91. The lowest BCUT2D eigenvalue weighted by Gasteiger charge is -2.26. The van der Waals surface area contributed by atoms with Crippen molar-refractivity contribution in [2.24, 2.45) is 5.92 Å². The first kappa shape index (κ1) is 23.8. The summed E-state index contributed by atoms with van der Waals surface area (Å²) in [5.41, 5.74) is 6.84. The number of hydrogen-bond acceptors (Lipinski definition) is 7. The van der Waals surface area contributed by atoms with E-state index in [1.54, 1.807) is 23.5 Å². The first-order chi connectivity index (χ1) is 18.0. The monoisotopic (exact) mass is 531 g/mol. The molecule has 2 aromatic carbocycles. The van der Waals surface area contributed by atoms with E-state index in [9.17, 15) is 13.2 Å². The molecule has 0 saturated heterocycles.